The van der Waals surface area contributed by atoms with Gasteiger partial charge in [-0.15, -0.1) is 11.8 Å². The van der Waals surface area contributed by atoms with Crippen molar-refractivity contribution in [2.45, 2.75) is 4.90 Å². The van der Waals surface area contributed by atoms with E-state index in [1.165, 1.54) is 11.8 Å². The van der Waals surface area contributed by atoms with Crippen LogP contribution in [0.5, 0.6) is 0 Å². The van der Waals surface area contributed by atoms with Gasteiger partial charge in [-0.25, -0.2) is 9.37 Å². The average Bonchev–Trinajstić information content (AvgIpc) is 3.26. The van der Waals surface area contributed by atoms with Crippen molar-refractivity contribution in [3.63, 3.8) is 0 Å². The lowest BCUT2D eigenvalue weighted by molar-refractivity contribution is 0.608. The fourth-order valence-corrected chi connectivity index (χ4v) is 3.65. The molecule has 3 aromatic heterocycles. The highest BCUT2D eigenvalue weighted by molar-refractivity contribution is 7.98. The Labute approximate surface area is 147 Å². The SMILES string of the molecule is CNc1cn2cc(-c3c(SC)c(F)c(NC)c4[nH]ncc34)ncc2n1. The summed E-state index contributed by atoms with van der Waals surface area (Å²) in [5, 5.41) is 13.7. The zero-order valence-corrected chi connectivity index (χ0v) is 14.7. The summed E-state index contributed by atoms with van der Waals surface area (Å²) in [5.74, 6) is 0.430. The van der Waals surface area contributed by atoms with Crippen molar-refractivity contribution in [2.75, 3.05) is 31.0 Å². The molecule has 1 aromatic carbocycles. The van der Waals surface area contributed by atoms with Crippen LogP contribution in [0.2, 0.25) is 0 Å². The Morgan fingerprint density at radius 3 is 2.76 bits per heavy atom. The Hall–Kier alpha value is -2.81. The van der Waals surface area contributed by atoms with Gasteiger partial charge in [0.1, 0.15) is 5.82 Å². The molecule has 0 saturated carbocycles. The van der Waals surface area contributed by atoms with E-state index >= 15 is 4.39 Å². The number of imidazole rings is 1. The number of aromatic nitrogens is 5. The summed E-state index contributed by atoms with van der Waals surface area (Å²) in [6, 6.07) is 0. The number of hydrogen-bond acceptors (Lipinski definition) is 6. The molecule has 0 amide bonds. The third-order valence-corrected chi connectivity index (χ3v) is 4.90. The fraction of sp³-hybridized carbons (Fsp3) is 0.188. The smallest absolute Gasteiger partial charge is 0.162 e. The van der Waals surface area contributed by atoms with E-state index in [0.717, 1.165) is 16.9 Å². The van der Waals surface area contributed by atoms with Crippen molar-refractivity contribution < 1.29 is 4.39 Å². The van der Waals surface area contributed by atoms with Crippen molar-refractivity contribution in [1.29, 1.82) is 0 Å². The first kappa shape index (κ1) is 15.7. The number of halogens is 1. The first-order valence-corrected chi connectivity index (χ1v) is 8.83. The molecule has 0 saturated heterocycles. The van der Waals surface area contributed by atoms with Crippen molar-refractivity contribution in [3.8, 4) is 11.3 Å². The molecule has 7 nitrogen and oxygen atoms in total. The molecule has 4 aromatic rings. The summed E-state index contributed by atoms with van der Waals surface area (Å²) in [4.78, 5) is 9.42. The molecule has 25 heavy (non-hydrogen) atoms. The van der Waals surface area contributed by atoms with Crippen LogP contribution in [0.3, 0.4) is 0 Å². The van der Waals surface area contributed by atoms with Gasteiger partial charge in [0.15, 0.2) is 11.5 Å². The Kier molecular flexibility index (Phi) is 3.72. The number of anilines is 2. The number of rotatable bonds is 4. The van der Waals surface area contributed by atoms with Crippen molar-refractivity contribution >= 4 is 39.8 Å². The van der Waals surface area contributed by atoms with Gasteiger partial charge in [-0.2, -0.15) is 5.10 Å². The molecule has 128 valence electrons. The minimum Gasteiger partial charge on any atom is -0.384 e. The van der Waals surface area contributed by atoms with Gasteiger partial charge in [-0.1, -0.05) is 0 Å². The second-order valence-electron chi connectivity index (χ2n) is 5.42. The Morgan fingerprint density at radius 1 is 1.20 bits per heavy atom. The molecule has 4 rings (SSSR count). The van der Waals surface area contributed by atoms with Crippen LogP contribution in [0.15, 0.2) is 29.7 Å². The third-order valence-electron chi connectivity index (χ3n) is 4.11. The molecule has 0 spiro atoms. The van der Waals surface area contributed by atoms with Gasteiger partial charge in [-0.05, 0) is 6.26 Å². The summed E-state index contributed by atoms with van der Waals surface area (Å²) in [6.45, 7) is 0. The molecular formula is C16H16FN7S. The molecule has 0 unspecified atom stereocenters. The van der Waals surface area contributed by atoms with E-state index in [1.54, 1.807) is 19.4 Å². The lowest BCUT2D eigenvalue weighted by atomic mass is 10.1. The molecule has 3 heterocycles. The molecule has 0 aliphatic rings. The fourth-order valence-electron chi connectivity index (χ4n) is 2.95. The summed E-state index contributed by atoms with van der Waals surface area (Å²) in [5.41, 5.74) is 3.12. The van der Waals surface area contributed by atoms with E-state index in [0.29, 0.717) is 27.4 Å². The number of nitrogens with one attached hydrogen (secondary N) is 3. The first-order valence-electron chi connectivity index (χ1n) is 7.61. The highest BCUT2D eigenvalue weighted by Gasteiger charge is 2.22. The van der Waals surface area contributed by atoms with Crippen molar-refractivity contribution in [2.24, 2.45) is 0 Å². The zero-order chi connectivity index (χ0) is 17.6. The van der Waals surface area contributed by atoms with Crippen LogP contribution in [0.4, 0.5) is 15.9 Å². The lowest BCUT2D eigenvalue weighted by Gasteiger charge is -2.14. The molecule has 9 heteroatoms. The number of H-pyrrole nitrogens is 1. The van der Waals surface area contributed by atoms with Gasteiger partial charge in [0.25, 0.3) is 0 Å². The zero-order valence-electron chi connectivity index (χ0n) is 13.9. The standard InChI is InChI=1S/C16H16FN7S/c1-18-10-7-24-6-9(20-5-11(24)22-10)12-8-4-21-23-14(8)15(19-2)13(17)16(12)25-3/h4-7,18-19H,1-3H3,(H,21,23). The second-order valence-corrected chi connectivity index (χ2v) is 6.24. The van der Waals surface area contributed by atoms with Gasteiger partial charge in [-0.3, -0.25) is 10.1 Å². The topological polar surface area (TPSA) is 82.9 Å². The van der Waals surface area contributed by atoms with Crippen LogP contribution in [0, 0.1) is 5.82 Å². The van der Waals surface area contributed by atoms with Crippen molar-refractivity contribution in [1.82, 2.24) is 24.6 Å². The Morgan fingerprint density at radius 2 is 2.04 bits per heavy atom. The summed E-state index contributed by atoms with van der Waals surface area (Å²) >= 11 is 1.35. The molecule has 0 bridgehead atoms. The van der Waals surface area contributed by atoms with E-state index in [-0.39, 0.29) is 5.82 Å². The number of nitrogens with zero attached hydrogens (tertiary/aromatic N) is 4. The summed E-state index contributed by atoms with van der Waals surface area (Å²) < 4.78 is 16.9. The van der Waals surface area contributed by atoms with E-state index in [1.807, 2.05) is 30.1 Å². The molecule has 0 aliphatic carbocycles. The van der Waals surface area contributed by atoms with Gasteiger partial charge in [0.05, 0.1) is 40.4 Å². The van der Waals surface area contributed by atoms with Crippen LogP contribution in [-0.4, -0.2) is 44.9 Å². The average molecular weight is 357 g/mol. The molecule has 0 atom stereocenters. The third kappa shape index (κ3) is 2.30. The number of fused-ring (bicyclic) bond motifs is 2. The second kappa shape index (κ2) is 5.92. The van der Waals surface area contributed by atoms with Crippen molar-refractivity contribution in [3.05, 3.63) is 30.6 Å². The molecule has 0 fully saturated rings. The van der Waals surface area contributed by atoms with Crippen LogP contribution in [0.25, 0.3) is 27.8 Å². The molecule has 0 radical (unpaired) electrons. The van der Waals surface area contributed by atoms with E-state index in [9.17, 15) is 0 Å². The first-order chi connectivity index (χ1) is 12.2. The normalized spacial score (nSPS) is 11.4. The summed E-state index contributed by atoms with van der Waals surface area (Å²) in [7, 11) is 3.50. The minimum atomic E-state index is -0.315. The van der Waals surface area contributed by atoms with Crippen LogP contribution in [0.1, 0.15) is 0 Å². The van der Waals surface area contributed by atoms with E-state index < -0.39 is 0 Å². The predicted molar refractivity (Wildman–Crippen MR) is 98.9 cm³/mol. The number of benzene rings is 1. The maximum atomic E-state index is 15.0. The maximum absolute atomic E-state index is 15.0. The lowest BCUT2D eigenvalue weighted by Crippen LogP contribution is -2.00. The Bertz CT molecular complexity index is 1090. The van der Waals surface area contributed by atoms with E-state index in [4.69, 9.17) is 0 Å². The van der Waals surface area contributed by atoms with Crippen LogP contribution in [-0.2, 0) is 0 Å². The molecule has 3 N–H and O–H groups in total. The van der Waals surface area contributed by atoms with Crippen LogP contribution < -0.4 is 10.6 Å². The monoisotopic (exact) mass is 357 g/mol. The maximum Gasteiger partial charge on any atom is 0.162 e. The van der Waals surface area contributed by atoms with Gasteiger partial charge in [0.2, 0.25) is 0 Å². The quantitative estimate of drug-likeness (QED) is 0.487. The van der Waals surface area contributed by atoms with E-state index in [2.05, 4.69) is 30.8 Å². The number of thioether (sulfide) groups is 1. The van der Waals surface area contributed by atoms with Gasteiger partial charge in [0, 0.05) is 31.2 Å². The highest BCUT2D eigenvalue weighted by Crippen LogP contribution is 2.41. The largest absolute Gasteiger partial charge is 0.384 e. The number of aromatic amines is 1. The molecular weight excluding hydrogens is 341 g/mol. The van der Waals surface area contributed by atoms with Gasteiger partial charge < -0.3 is 15.0 Å². The number of hydrogen-bond donors (Lipinski definition) is 3. The summed E-state index contributed by atoms with van der Waals surface area (Å²) in [6.07, 6.45) is 8.94. The Balaban J connectivity index is 2.04. The molecule has 0 aliphatic heterocycles. The predicted octanol–water partition coefficient (Wildman–Crippen LogP) is 3.22. The van der Waals surface area contributed by atoms with Gasteiger partial charge >= 0.3 is 0 Å². The van der Waals surface area contributed by atoms with Crippen LogP contribution >= 0.6 is 11.8 Å². The minimum absolute atomic E-state index is 0.315. The highest BCUT2D eigenvalue weighted by atomic mass is 32.2.